The molecule has 1 saturated carbocycles. The highest BCUT2D eigenvalue weighted by molar-refractivity contribution is 5.93. The number of nitriles is 1. The number of halogens is 3. The van der Waals surface area contributed by atoms with E-state index in [2.05, 4.69) is 31.2 Å². The molecule has 0 unspecified atom stereocenters. The van der Waals surface area contributed by atoms with Crippen LogP contribution in [0.25, 0.3) is 11.0 Å². The number of piperidine rings is 1. The molecule has 1 atom stereocenters. The van der Waals surface area contributed by atoms with Gasteiger partial charge in [-0.1, -0.05) is 0 Å². The van der Waals surface area contributed by atoms with E-state index in [-0.39, 0.29) is 24.2 Å². The molecule has 0 radical (unpaired) electrons. The average Bonchev–Trinajstić information content (AvgIpc) is 3.65. The van der Waals surface area contributed by atoms with Crippen LogP contribution in [0.4, 0.5) is 19.0 Å². The van der Waals surface area contributed by atoms with Gasteiger partial charge in [-0.05, 0) is 52.8 Å². The number of pyridine rings is 1. The lowest BCUT2D eigenvalue weighted by molar-refractivity contribution is -0.149. The van der Waals surface area contributed by atoms with Crippen molar-refractivity contribution in [3.05, 3.63) is 29.7 Å². The van der Waals surface area contributed by atoms with E-state index < -0.39 is 23.5 Å². The number of amides is 1. The summed E-state index contributed by atoms with van der Waals surface area (Å²) in [6.07, 6.45) is -0.181. The maximum absolute atomic E-state index is 13.1. The molecule has 1 aliphatic heterocycles. The van der Waals surface area contributed by atoms with Crippen molar-refractivity contribution in [1.29, 1.82) is 5.26 Å². The Morgan fingerprint density at radius 3 is 2.65 bits per heavy atom. The molecule has 1 aliphatic carbocycles. The van der Waals surface area contributed by atoms with Gasteiger partial charge in [0.2, 0.25) is 0 Å². The number of aromatic amines is 1. The number of likely N-dealkylation sites (N-methyl/N-ethyl adjacent to an activating group) is 1. The number of anilines is 1. The van der Waals surface area contributed by atoms with Crippen LogP contribution in [0.2, 0.25) is 0 Å². The van der Waals surface area contributed by atoms with E-state index in [9.17, 15) is 23.2 Å². The Bertz CT molecular complexity index is 1490. The van der Waals surface area contributed by atoms with E-state index in [4.69, 9.17) is 9.47 Å². The fraction of sp³-hybridized carbons (Fsp3) is 0.571. The Morgan fingerprint density at radius 2 is 2.00 bits per heavy atom. The molecule has 3 aromatic heterocycles. The van der Waals surface area contributed by atoms with Gasteiger partial charge < -0.3 is 24.6 Å². The Kier molecular flexibility index (Phi) is 8.59. The molecule has 43 heavy (non-hydrogen) atoms. The van der Waals surface area contributed by atoms with Crippen molar-refractivity contribution in [3.8, 4) is 17.8 Å². The van der Waals surface area contributed by atoms with Gasteiger partial charge in [-0.25, -0.2) is 4.98 Å². The highest BCUT2D eigenvalue weighted by Gasteiger charge is 2.44. The van der Waals surface area contributed by atoms with Crippen molar-refractivity contribution < 1.29 is 27.4 Å². The minimum Gasteiger partial charge on any atom is -0.491 e. The molecule has 0 spiro atoms. The van der Waals surface area contributed by atoms with Crippen LogP contribution < -0.4 is 19.7 Å². The van der Waals surface area contributed by atoms with Crippen LogP contribution in [0.5, 0.6) is 11.8 Å². The maximum atomic E-state index is 13.1. The molecule has 0 aromatic carbocycles. The number of carbonyl (C=O) groups is 1. The SMILES string of the molecule is C[C@H](NC(=O)c1cc(N2CCC(c3n[nH]c4ncc(OCCN(C)C)cc34)CC2)nc(OCC2(C#N)CC2)n1)C(F)(F)F. The van der Waals surface area contributed by atoms with Crippen molar-refractivity contribution in [2.45, 2.75) is 50.7 Å². The van der Waals surface area contributed by atoms with Crippen molar-refractivity contribution in [1.82, 2.24) is 35.4 Å². The second-order valence-electron chi connectivity index (χ2n) is 11.4. The van der Waals surface area contributed by atoms with Gasteiger partial charge in [0.25, 0.3) is 5.91 Å². The van der Waals surface area contributed by atoms with Crippen molar-refractivity contribution in [2.75, 3.05) is 51.8 Å². The van der Waals surface area contributed by atoms with Crippen molar-refractivity contribution in [2.24, 2.45) is 5.41 Å². The Balaban J connectivity index is 1.31. The second-order valence-corrected chi connectivity index (χ2v) is 11.4. The molecule has 12 nitrogen and oxygen atoms in total. The Hall–Kier alpha value is -4.19. The summed E-state index contributed by atoms with van der Waals surface area (Å²) >= 11 is 0. The van der Waals surface area contributed by atoms with Crippen LogP contribution in [0.3, 0.4) is 0 Å². The first-order valence-electron chi connectivity index (χ1n) is 14.1. The fourth-order valence-electron chi connectivity index (χ4n) is 4.77. The minimum atomic E-state index is -4.61. The molecule has 0 bridgehead atoms. The number of aromatic nitrogens is 5. The Morgan fingerprint density at radius 1 is 1.26 bits per heavy atom. The Labute approximate surface area is 246 Å². The summed E-state index contributed by atoms with van der Waals surface area (Å²) < 4.78 is 50.8. The first-order valence-corrected chi connectivity index (χ1v) is 14.1. The topological polar surface area (TPSA) is 145 Å². The summed E-state index contributed by atoms with van der Waals surface area (Å²) in [5, 5.41) is 19.8. The average molecular weight is 602 g/mol. The lowest BCUT2D eigenvalue weighted by atomic mass is 9.92. The molecule has 230 valence electrons. The van der Waals surface area contributed by atoms with Gasteiger partial charge in [0.15, 0.2) is 5.65 Å². The quantitative estimate of drug-likeness (QED) is 0.335. The standard InChI is InChI=1S/C28H34F3N9O3/c1-17(28(29,30)31)34-25(41)21-13-22(36-26(35-21)43-16-27(15-32)6-7-27)40-8-4-18(5-9-40)23-20-12-19(42-11-10-39(2)3)14-33-24(20)38-37-23/h12-14,17-18H,4-11,16H2,1-3H3,(H,34,41)(H,33,37,38)/t17-/m0/s1. The number of hydrogen-bond donors (Lipinski definition) is 2. The zero-order chi connectivity index (χ0) is 30.8. The highest BCUT2D eigenvalue weighted by atomic mass is 19.4. The highest BCUT2D eigenvalue weighted by Crippen LogP contribution is 2.45. The molecule has 2 N–H and O–H groups in total. The number of carbonyl (C=O) groups excluding carboxylic acids is 1. The molecule has 1 saturated heterocycles. The van der Waals surface area contributed by atoms with Crippen LogP contribution in [0, 0.1) is 16.7 Å². The van der Waals surface area contributed by atoms with Gasteiger partial charge >= 0.3 is 12.2 Å². The maximum Gasteiger partial charge on any atom is 0.408 e. The van der Waals surface area contributed by atoms with Gasteiger partial charge in [0.1, 0.15) is 36.5 Å². The van der Waals surface area contributed by atoms with Crippen LogP contribution in [-0.2, 0) is 0 Å². The lowest BCUT2D eigenvalue weighted by Crippen LogP contribution is -2.43. The van der Waals surface area contributed by atoms with Gasteiger partial charge in [0.05, 0.1) is 23.4 Å². The normalized spacial score (nSPS) is 17.5. The van der Waals surface area contributed by atoms with Gasteiger partial charge in [-0.3, -0.25) is 9.89 Å². The third kappa shape index (κ3) is 7.24. The van der Waals surface area contributed by atoms with E-state index in [0.717, 1.165) is 24.5 Å². The molecule has 4 heterocycles. The lowest BCUT2D eigenvalue weighted by Gasteiger charge is -2.32. The third-order valence-electron chi connectivity index (χ3n) is 7.77. The molecule has 15 heteroatoms. The van der Waals surface area contributed by atoms with Crippen molar-refractivity contribution in [3.63, 3.8) is 0 Å². The number of fused-ring (bicyclic) bond motifs is 1. The summed E-state index contributed by atoms with van der Waals surface area (Å²) in [6.45, 7) is 3.29. The monoisotopic (exact) mass is 601 g/mol. The summed E-state index contributed by atoms with van der Waals surface area (Å²) in [7, 11) is 3.95. The largest absolute Gasteiger partial charge is 0.491 e. The third-order valence-corrected chi connectivity index (χ3v) is 7.77. The van der Waals surface area contributed by atoms with E-state index in [1.165, 1.54) is 6.07 Å². The number of nitrogens with zero attached hydrogens (tertiary/aromatic N) is 7. The summed E-state index contributed by atoms with van der Waals surface area (Å²) in [6, 6.07) is 3.30. The number of rotatable bonds is 11. The summed E-state index contributed by atoms with van der Waals surface area (Å²) in [5.74, 6) is 0.147. The summed E-state index contributed by atoms with van der Waals surface area (Å²) in [4.78, 5) is 29.7. The van der Waals surface area contributed by atoms with Crippen LogP contribution in [-0.4, -0.2) is 95.1 Å². The van der Waals surface area contributed by atoms with Crippen LogP contribution >= 0.6 is 0 Å². The number of ether oxygens (including phenoxy) is 2. The van der Waals surface area contributed by atoms with E-state index in [0.29, 0.717) is 62.6 Å². The zero-order valence-corrected chi connectivity index (χ0v) is 24.2. The zero-order valence-electron chi connectivity index (χ0n) is 24.2. The number of hydrogen-bond acceptors (Lipinski definition) is 10. The van der Waals surface area contributed by atoms with E-state index in [1.54, 1.807) is 6.20 Å². The second kappa shape index (κ2) is 12.2. The number of alkyl halides is 3. The van der Waals surface area contributed by atoms with E-state index >= 15 is 0 Å². The number of H-pyrrole nitrogens is 1. The van der Waals surface area contributed by atoms with E-state index in [1.807, 2.05) is 35.3 Å². The predicted octanol–water partition coefficient (Wildman–Crippen LogP) is 3.44. The van der Waals surface area contributed by atoms with Crippen molar-refractivity contribution >= 4 is 22.8 Å². The molecular weight excluding hydrogens is 567 g/mol. The predicted molar refractivity (Wildman–Crippen MR) is 150 cm³/mol. The van der Waals surface area contributed by atoms with Crippen LogP contribution in [0.1, 0.15) is 54.7 Å². The van der Waals surface area contributed by atoms with Gasteiger partial charge in [-0.2, -0.15) is 33.5 Å². The molecule has 2 aliphatic rings. The van der Waals surface area contributed by atoms with Crippen LogP contribution in [0.15, 0.2) is 18.3 Å². The smallest absolute Gasteiger partial charge is 0.408 e. The fourth-order valence-corrected chi connectivity index (χ4v) is 4.77. The molecule has 2 fully saturated rings. The first kappa shape index (κ1) is 30.3. The van der Waals surface area contributed by atoms with Gasteiger partial charge in [0, 0.05) is 37.0 Å². The number of nitrogens with one attached hydrogen (secondary N) is 2. The molecular formula is C28H34F3N9O3. The minimum absolute atomic E-state index is 0.0379. The first-order chi connectivity index (χ1) is 20.5. The molecule has 1 amide bonds. The molecule has 3 aromatic rings. The van der Waals surface area contributed by atoms with Gasteiger partial charge in [-0.15, -0.1) is 0 Å². The summed E-state index contributed by atoms with van der Waals surface area (Å²) in [5.41, 5.74) is 0.693. The molecule has 5 rings (SSSR count).